The fraction of sp³-hybridized carbons (Fsp3) is 0.391. The monoisotopic (exact) mass is 484 g/mol. The molecule has 2 aromatic heterocycles. The Bertz CT molecular complexity index is 1150. The van der Waals surface area contributed by atoms with E-state index in [1.807, 2.05) is 43.5 Å². The summed E-state index contributed by atoms with van der Waals surface area (Å²) < 4.78 is 1.71. The molecule has 11 heteroatoms. The van der Waals surface area contributed by atoms with E-state index in [2.05, 4.69) is 15.4 Å². The third kappa shape index (κ3) is 4.54. The summed E-state index contributed by atoms with van der Waals surface area (Å²) in [6, 6.07) is 8.77. The van der Waals surface area contributed by atoms with E-state index >= 15 is 0 Å². The number of aromatic nitrogens is 3. The van der Waals surface area contributed by atoms with Gasteiger partial charge in [-0.25, -0.2) is 9.67 Å². The van der Waals surface area contributed by atoms with E-state index in [0.717, 1.165) is 11.3 Å². The fourth-order valence-corrected chi connectivity index (χ4v) is 4.97. The highest BCUT2D eigenvalue weighted by Crippen LogP contribution is 2.39. The molecule has 1 aromatic carbocycles. The Morgan fingerprint density at radius 1 is 1.24 bits per heavy atom. The molecule has 0 saturated carbocycles. The van der Waals surface area contributed by atoms with E-state index in [9.17, 15) is 19.8 Å². The minimum absolute atomic E-state index is 0.386. The van der Waals surface area contributed by atoms with E-state index < -0.39 is 35.6 Å². The number of aliphatic hydroxyl groups is 2. The van der Waals surface area contributed by atoms with Crippen LogP contribution in [0.4, 0.5) is 5.13 Å². The molecule has 0 aliphatic carbocycles. The molecule has 0 radical (unpaired) electrons. The summed E-state index contributed by atoms with van der Waals surface area (Å²) in [5, 5.41) is 30.1. The number of aliphatic hydroxyl groups excluding tert-OH is 2. The molecule has 5 N–H and O–H groups in total. The Hall–Kier alpha value is -3.28. The molecule has 1 aliphatic rings. The van der Waals surface area contributed by atoms with E-state index in [0.29, 0.717) is 30.2 Å². The second kappa shape index (κ2) is 9.53. The van der Waals surface area contributed by atoms with Crippen molar-refractivity contribution in [1.29, 1.82) is 0 Å². The number of rotatable bonds is 7. The summed E-state index contributed by atoms with van der Waals surface area (Å²) in [6.07, 6.45) is 1.04. The molecular formula is C23H28N6O4S. The Morgan fingerprint density at radius 2 is 1.97 bits per heavy atom. The van der Waals surface area contributed by atoms with E-state index in [4.69, 9.17) is 5.73 Å². The van der Waals surface area contributed by atoms with Crippen LogP contribution >= 0.6 is 11.3 Å². The summed E-state index contributed by atoms with van der Waals surface area (Å²) in [5.74, 6) is -1.55. The van der Waals surface area contributed by atoms with Crippen LogP contribution in [0.15, 0.2) is 48.1 Å². The van der Waals surface area contributed by atoms with Crippen molar-refractivity contribution in [3.8, 4) is 5.69 Å². The lowest BCUT2D eigenvalue weighted by Gasteiger charge is -2.36. The molecule has 10 nitrogen and oxygen atoms in total. The zero-order chi connectivity index (χ0) is 24.5. The van der Waals surface area contributed by atoms with Crippen molar-refractivity contribution in [3.05, 3.63) is 59.4 Å². The normalized spacial score (nSPS) is 20.6. The number of nitrogens with zero attached hydrogens (tertiary/aromatic N) is 4. The maximum absolute atomic E-state index is 13.1. The van der Waals surface area contributed by atoms with Crippen LogP contribution in [0.1, 0.15) is 44.0 Å². The van der Waals surface area contributed by atoms with E-state index in [1.165, 1.54) is 16.2 Å². The van der Waals surface area contributed by atoms with Crippen LogP contribution in [-0.4, -0.2) is 60.4 Å². The number of carbonyl (C=O) groups excluding carboxylic acids is 2. The predicted molar refractivity (Wildman–Crippen MR) is 127 cm³/mol. The Kier molecular flexibility index (Phi) is 6.69. The number of amides is 2. The highest BCUT2D eigenvalue weighted by atomic mass is 32.1. The highest BCUT2D eigenvalue weighted by molar-refractivity contribution is 7.13. The van der Waals surface area contributed by atoms with Crippen LogP contribution in [0.3, 0.4) is 0 Å². The van der Waals surface area contributed by atoms with Crippen LogP contribution in [0.25, 0.3) is 5.69 Å². The molecule has 34 heavy (non-hydrogen) atoms. The summed E-state index contributed by atoms with van der Waals surface area (Å²) in [6.45, 7) is 3.99. The SMILES string of the molecule is C[C@@H](NC(=O)[C@H](O)[C@@H](O)C(=O)N1CCC[C@]1(C)c1csc(N)n1)c1ccc(-n2cccn2)cc1. The number of hydrogen-bond acceptors (Lipinski definition) is 8. The van der Waals surface area contributed by atoms with E-state index in [-0.39, 0.29) is 0 Å². The number of nitrogen functional groups attached to an aromatic ring is 1. The summed E-state index contributed by atoms with van der Waals surface area (Å²) in [7, 11) is 0. The second-order valence-electron chi connectivity index (χ2n) is 8.60. The number of carbonyl (C=O) groups is 2. The first kappa shape index (κ1) is 23.9. The van der Waals surface area contributed by atoms with Gasteiger partial charge in [-0.2, -0.15) is 5.10 Å². The Morgan fingerprint density at radius 3 is 2.59 bits per heavy atom. The number of thiazole rings is 1. The maximum atomic E-state index is 13.1. The number of anilines is 1. The van der Waals surface area contributed by atoms with Crippen molar-refractivity contribution >= 4 is 28.3 Å². The van der Waals surface area contributed by atoms with Crippen LogP contribution < -0.4 is 11.1 Å². The van der Waals surface area contributed by atoms with Crippen molar-refractivity contribution in [2.45, 2.75) is 50.5 Å². The van der Waals surface area contributed by atoms with Gasteiger partial charge < -0.3 is 26.2 Å². The van der Waals surface area contributed by atoms with Gasteiger partial charge in [0.2, 0.25) is 0 Å². The van der Waals surface area contributed by atoms with Crippen LogP contribution in [0.2, 0.25) is 0 Å². The minimum atomic E-state index is -1.91. The average molecular weight is 485 g/mol. The lowest BCUT2D eigenvalue weighted by Crippen LogP contribution is -2.54. The molecule has 3 aromatic rings. The van der Waals surface area contributed by atoms with Crippen LogP contribution in [-0.2, 0) is 15.1 Å². The average Bonchev–Trinajstić information content (AvgIpc) is 3.59. The fourth-order valence-electron chi connectivity index (χ4n) is 4.28. The molecule has 0 spiro atoms. The molecule has 180 valence electrons. The Labute approximate surface area is 201 Å². The third-order valence-electron chi connectivity index (χ3n) is 6.32. The van der Waals surface area contributed by atoms with Gasteiger partial charge in [0.05, 0.1) is 23.0 Å². The van der Waals surface area contributed by atoms with Crippen molar-refractivity contribution < 1.29 is 19.8 Å². The molecular weight excluding hydrogens is 456 g/mol. The first-order chi connectivity index (χ1) is 16.2. The molecule has 1 fully saturated rings. The predicted octanol–water partition coefficient (Wildman–Crippen LogP) is 1.35. The van der Waals surface area contributed by atoms with Crippen LogP contribution in [0.5, 0.6) is 0 Å². The van der Waals surface area contributed by atoms with Gasteiger partial charge in [-0.05, 0) is 50.5 Å². The lowest BCUT2D eigenvalue weighted by molar-refractivity contribution is -0.156. The first-order valence-corrected chi connectivity index (χ1v) is 11.9. The topological polar surface area (TPSA) is 147 Å². The smallest absolute Gasteiger partial charge is 0.255 e. The molecule has 1 saturated heterocycles. The van der Waals surface area contributed by atoms with Gasteiger partial charge in [0, 0.05) is 24.3 Å². The largest absolute Gasteiger partial charge is 0.380 e. The van der Waals surface area contributed by atoms with Crippen molar-refractivity contribution in [1.82, 2.24) is 25.0 Å². The number of benzene rings is 1. The van der Waals surface area contributed by atoms with Gasteiger partial charge in [-0.1, -0.05) is 12.1 Å². The molecule has 1 aliphatic heterocycles. The van der Waals surface area contributed by atoms with Gasteiger partial charge in [-0.15, -0.1) is 11.3 Å². The first-order valence-electron chi connectivity index (χ1n) is 11.0. The van der Waals surface area contributed by atoms with Crippen molar-refractivity contribution in [3.63, 3.8) is 0 Å². The summed E-state index contributed by atoms with van der Waals surface area (Å²) in [4.78, 5) is 31.5. The number of likely N-dealkylation sites (tertiary alicyclic amines) is 1. The van der Waals surface area contributed by atoms with Crippen molar-refractivity contribution in [2.75, 3.05) is 12.3 Å². The molecule has 3 heterocycles. The highest BCUT2D eigenvalue weighted by Gasteiger charge is 2.46. The zero-order valence-corrected chi connectivity index (χ0v) is 19.8. The minimum Gasteiger partial charge on any atom is -0.380 e. The zero-order valence-electron chi connectivity index (χ0n) is 19.0. The van der Waals surface area contributed by atoms with Gasteiger partial charge in [0.1, 0.15) is 0 Å². The summed E-state index contributed by atoms with van der Waals surface area (Å²) >= 11 is 1.28. The summed E-state index contributed by atoms with van der Waals surface area (Å²) in [5.41, 5.74) is 7.30. The van der Waals surface area contributed by atoms with E-state index in [1.54, 1.807) is 23.2 Å². The maximum Gasteiger partial charge on any atom is 0.255 e. The van der Waals surface area contributed by atoms with Gasteiger partial charge in [0.25, 0.3) is 11.8 Å². The third-order valence-corrected chi connectivity index (χ3v) is 7.00. The molecule has 4 atom stereocenters. The number of nitrogens with two attached hydrogens (primary N) is 1. The molecule has 0 unspecified atom stereocenters. The number of nitrogens with one attached hydrogen (secondary N) is 1. The lowest BCUT2D eigenvalue weighted by atomic mass is 9.94. The molecule has 0 bridgehead atoms. The van der Waals surface area contributed by atoms with Crippen molar-refractivity contribution in [2.24, 2.45) is 0 Å². The van der Waals surface area contributed by atoms with Gasteiger partial charge in [0.15, 0.2) is 17.3 Å². The van der Waals surface area contributed by atoms with Gasteiger partial charge in [-0.3, -0.25) is 9.59 Å². The van der Waals surface area contributed by atoms with Gasteiger partial charge >= 0.3 is 0 Å². The second-order valence-corrected chi connectivity index (χ2v) is 9.49. The number of hydrogen-bond donors (Lipinski definition) is 4. The standard InChI is InChI=1S/C23H28N6O4S/c1-14(15-5-7-16(8-6-15)29-12-4-10-25-29)26-20(32)18(30)19(31)21(33)28-11-3-9-23(28,2)17-13-34-22(24)27-17/h4-8,10,12-14,18-19,30-31H,3,9,11H2,1-2H3,(H2,24,27)(H,26,32)/t14-,18-,19-,23-/m1/s1. The van der Waals surface area contributed by atoms with Crippen LogP contribution in [0, 0.1) is 0 Å². The Balaban J connectivity index is 1.40. The quantitative estimate of drug-likeness (QED) is 0.396. The molecule has 4 rings (SSSR count). The molecule has 2 amide bonds.